The molecule has 0 unspecified atom stereocenters. The van der Waals surface area contributed by atoms with Gasteiger partial charge in [-0.15, -0.1) is 0 Å². The van der Waals surface area contributed by atoms with E-state index < -0.39 is 16.4 Å². The summed E-state index contributed by atoms with van der Waals surface area (Å²) < 4.78 is 12.6. The first-order valence-corrected chi connectivity index (χ1v) is 3.50. The number of hydrogen-bond donors (Lipinski definition) is 0. The number of halogens is 2. The van der Waals surface area contributed by atoms with Crippen LogP contribution in [-0.2, 0) is 0 Å². The van der Waals surface area contributed by atoms with Gasteiger partial charge < -0.3 is 0 Å². The number of hydrogen-bond acceptors (Lipinski definition) is 2. The smallest absolute Gasteiger partial charge is 0.258 e. The van der Waals surface area contributed by atoms with Crippen LogP contribution >= 0.6 is 11.6 Å². The summed E-state index contributed by atoms with van der Waals surface area (Å²) in [6.45, 7) is 1.51. The third-order valence-corrected chi connectivity index (χ3v) is 1.89. The van der Waals surface area contributed by atoms with E-state index in [0.717, 1.165) is 12.1 Å². The first-order valence-electron chi connectivity index (χ1n) is 3.12. The number of aryl methyl sites for hydroxylation is 1. The van der Waals surface area contributed by atoms with Gasteiger partial charge >= 0.3 is 0 Å². The maximum Gasteiger partial charge on any atom is 0.291 e. The lowest BCUT2D eigenvalue weighted by Crippen LogP contribution is -1.92. The summed E-state index contributed by atoms with van der Waals surface area (Å²) in [6.07, 6.45) is 0. The van der Waals surface area contributed by atoms with Gasteiger partial charge in [0.15, 0.2) is 0 Å². The molecule has 12 heavy (non-hydrogen) atoms. The van der Waals surface area contributed by atoms with Crippen LogP contribution in [0.15, 0.2) is 12.1 Å². The van der Waals surface area contributed by atoms with E-state index in [0.29, 0.717) is 5.56 Å². The van der Waals surface area contributed by atoms with Crippen molar-refractivity contribution in [3.05, 3.63) is 38.7 Å². The van der Waals surface area contributed by atoms with Crippen LogP contribution in [0.25, 0.3) is 0 Å². The number of benzene rings is 1. The highest BCUT2D eigenvalue weighted by atomic mass is 35.5. The van der Waals surface area contributed by atoms with Crippen molar-refractivity contribution in [1.29, 1.82) is 0 Å². The van der Waals surface area contributed by atoms with Gasteiger partial charge in [0.05, 0.1) is 11.0 Å². The summed E-state index contributed by atoms with van der Waals surface area (Å²) in [7, 11) is 0. The van der Waals surface area contributed by atoms with E-state index in [9.17, 15) is 14.5 Å². The van der Waals surface area contributed by atoms with Crippen molar-refractivity contribution in [3.8, 4) is 0 Å². The van der Waals surface area contributed by atoms with Crippen molar-refractivity contribution < 1.29 is 9.31 Å². The van der Waals surface area contributed by atoms with Crippen molar-refractivity contribution in [2.75, 3.05) is 0 Å². The van der Waals surface area contributed by atoms with Crippen molar-refractivity contribution in [2.45, 2.75) is 6.92 Å². The van der Waals surface area contributed by atoms with Crippen LogP contribution in [0.2, 0.25) is 5.02 Å². The second kappa shape index (κ2) is 3.06. The minimum atomic E-state index is -0.710. The summed E-state index contributed by atoms with van der Waals surface area (Å²) in [5, 5.41) is 10.3. The molecule has 0 amide bonds. The summed E-state index contributed by atoms with van der Waals surface area (Å²) in [4.78, 5) is 9.57. The Labute approximate surface area is 72.9 Å². The van der Waals surface area contributed by atoms with Crippen molar-refractivity contribution in [3.63, 3.8) is 0 Å². The SMILES string of the molecule is Cc1cc(F)cc([N+](=O)[O-])c1Cl. The molecular formula is C7H5ClFNO2. The van der Waals surface area contributed by atoms with E-state index in [-0.39, 0.29) is 5.02 Å². The van der Waals surface area contributed by atoms with Gasteiger partial charge in [0.2, 0.25) is 0 Å². The molecule has 1 aromatic rings. The molecule has 0 aromatic heterocycles. The van der Waals surface area contributed by atoms with Gasteiger partial charge in [0.1, 0.15) is 10.8 Å². The fourth-order valence-electron chi connectivity index (χ4n) is 0.841. The van der Waals surface area contributed by atoms with Gasteiger partial charge in [-0.1, -0.05) is 11.6 Å². The van der Waals surface area contributed by atoms with Crippen LogP contribution in [0.3, 0.4) is 0 Å². The molecule has 64 valence electrons. The second-order valence-corrected chi connectivity index (χ2v) is 2.69. The van der Waals surface area contributed by atoms with Gasteiger partial charge in [-0.25, -0.2) is 4.39 Å². The van der Waals surface area contributed by atoms with Crippen molar-refractivity contribution in [1.82, 2.24) is 0 Å². The minimum absolute atomic E-state index is 0.0126. The number of nitro benzene ring substituents is 1. The topological polar surface area (TPSA) is 43.1 Å². The molecule has 1 aromatic carbocycles. The Morgan fingerprint density at radius 2 is 2.17 bits per heavy atom. The number of rotatable bonds is 1. The van der Waals surface area contributed by atoms with Crippen LogP contribution < -0.4 is 0 Å². The lowest BCUT2D eigenvalue weighted by atomic mass is 10.2. The van der Waals surface area contributed by atoms with Gasteiger partial charge in [0, 0.05) is 0 Å². The molecule has 0 saturated heterocycles. The molecule has 0 atom stereocenters. The normalized spacial score (nSPS) is 9.92. The maximum absolute atomic E-state index is 12.6. The van der Waals surface area contributed by atoms with Gasteiger partial charge in [-0.2, -0.15) is 0 Å². The first-order chi connectivity index (χ1) is 5.52. The molecule has 3 nitrogen and oxygen atoms in total. The summed E-state index contributed by atoms with van der Waals surface area (Å²) in [5.41, 5.74) is -0.0301. The molecule has 0 saturated carbocycles. The van der Waals surface area contributed by atoms with Crippen LogP contribution in [0.5, 0.6) is 0 Å². The molecule has 0 N–H and O–H groups in total. The Bertz CT molecular complexity index is 340. The Balaban J connectivity index is 3.37. The predicted molar refractivity (Wildman–Crippen MR) is 42.8 cm³/mol. The van der Waals surface area contributed by atoms with Crippen molar-refractivity contribution >= 4 is 17.3 Å². The van der Waals surface area contributed by atoms with E-state index >= 15 is 0 Å². The average molecular weight is 190 g/mol. The highest BCUT2D eigenvalue weighted by molar-refractivity contribution is 6.33. The van der Waals surface area contributed by atoms with E-state index in [1.54, 1.807) is 0 Å². The van der Waals surface area contributed by atoms with E-state index in [4.69, 9.17) is 11.6 Å². The third-order valence-electron chi connectivity index (χ3n) is 1.40. The average Bonchev–Trinajstić information content (AvgIpc) is 1.96. The molecule has 0 aliphatic rings. The Morgan fingerprint density at radius 1 is 1.58 bits per heavy atom. The zero-order chi connectivity index (χ0) is 9.30. The Kier molecular flexibility index (Phi) is 2.28. The van der Waals surface area contributed by atoms with E-state index in [1.165, 1.54) is 6.92 Å². The third kappa shape index (κ3) is 1.53. The zero-order valence-electron chi connectivity index (χ0n) is 6.17. The molecule has 0 aliphatic carbocycles. The summed E-state index contributed by atoms with van der Waals surface area (Å²) in [6, 6.07) is 1.95. The largest absolute Gasteiger partial charge is 0.291 e. The summed E-state index contributed by atoms with van der Waals surface area (Å²) in [5.74, 6) is -0.649. The Morgan fingerprint density at radius 3 is 2.67 bits per heavy atom. The number of nitro groups is 1. The van der Waals surface area contributed by atoms with Crippen molar-refractivity contribution in [2.24, 2.45) is 0 Å². The molecule has 0 bridgehead atoms. The highest BCUT2D eigenvalue weighted by Gasteiger charge is 2.15. The first kappa shape index (κ1) is 8.93. The fraction of sp³-hybridized carbons (Fsp3) is 0.143. The lowest BCUT2D eigenvalue weighted by molar-refractivity contribution is -0.384. The van der Waals surface area contributed by atoms with Crippen LogP contribution in [-0.4, -0.2) is 4.92 Å². The van der Waals surface area contributed by atoms with Crippen LogP contribution in [0, 0.1) is 22.9 Å². The second-order valence-electron chi connectivity index (χ2n) is 2.31. The minimum Gasteiger partial charge on any atom is -0.258 e. The molecule has 0 heterocycles. The molecule has 0 spiro atoms. The van der Waals surface area contributed by atoms with Gasteiger partial charge in [-0.3, -0.25) is 10.1 Å². The lowest BCUT2D eigenvalue weighted by Gasteiger charge is -1.98. The molecule has 0 fully saturated rings. The molecule has 1 rings (SSSR count). The fourth-order valence-corrected chi connectivity index (χ4v) is 1.02. The number of nitrogens with zero attached hydrogens (tertiary/aromatic N) is 1. The molecular weight excluding hydrogens is 185 g/mol. The highest BCUT2D eigenvalue weighted by Crippen LogP contribution is 2.28. The predicted octanol–water partition coefficient (Wildman–Crippen LogP) is 2.70. The monoisotopic (exact) mass is 189 g/mol. The van der Waals surface area contributed by atoms with Gasteiger partial charge in [0.25, 0.3) is 5.69 Å². The quantitative estimate of drug-likeness (QED) is 0.504. The summed E-state index contributed by atoms with van der Waals surface area (Å²) >= 11 is 5.55. The van der Waals surface area contributed by atoms with E-state index in [2.05, 4.69) is 0 Å². The Hall–Kier alpha value is -1.16. The van der Waals surface area contributed by atoms with E-state index in [1.807, 2.05) is 0 Å². The van der Waals surface area contributed by atoms with Gasteiger partial charge in [-0.05, 0) is 18.6 Å². The molecule has 0 radical (unpaired) electrons. The molecule has 5 heteroatoms. The molecule has 0 aliphatic heterocycles. The standard InChI is InChI=1S/C7H5ClFNO2/c1-4-2-5(9)3-6(7(4)8)10(11)12/h2-3H,1H3. The zero-order valence-corrected chi connectivity index (χ0v) is 6.93. The van der Waals surface area contributed by atoms with Crippen LogP contribution in [0.1, 0.15) is 5.56 Å². The maximum atomic E-state index is 12.6. The van der Waals surface area contributed by atoms with Crippen LogP contribution in [0.4, 0.5) is 10.1 Å².